The van der Waals surface area contributed by atoms with Crippen LogP contribution in [0.2, 0.25) is 0 Å². The molecule has 1 aromatic rings. The van der Waals surface area contributed by atoms with Gasteiger partial charge in [-0.25, -0.2) is 8.78 Å². The molecule has 6 heteroatoms. The van der Waals surface area contributed by atoms with E-state index in [2.05, 4.69) is 6.08 Å². The molecular weight excluding hydrogens is 306 g/mol. The summed E-state index contributed by atoms with van der Waals surface area (Å²) in [6.07, 6.45) is 2.99. The lowest BCUT2D eigenvalue weighted by Crippen LogP contribution is -2.42. The zero-order chi connectivity index (χ0) is 16.2. The highest BCUT2D eigenvalue weighted by molar-refractivity contribution is 5.19. The molecule has 2 saturated heterocycles. The zero-order valence-corrected chi connectivity index (χ0v) is 12.9. The molecule has 126 valence electrons. The van der Waals surface area contributed by atoms with Gasteiger partial charge in [0.2, 0.25) is 0 Å². The third-order valence-electron chi connectivity index (χ3n) is 3.94. The van der Waals surface area contributed by atoms with E-state index in [0.29, 0.717) is 32.0 Å². The van der Waals surface area contributed by atoms with E-state index in [1.54, 1.807) is 0 Å². The summed E-state index contributed by atoms with van der Waals surface area (Å²) in [6.45, 7) is 3.94. The molecule has 0 bridgehead atoms. The van der Waals surface area contributed by atoms with Crippen LogP contribution in [0.4, 0.5) is 8.78 Å². The van der Waals surface area contributed by atoms with Crippen LogP contribution in [0.3, 0.4) is 0 Å². The van der Waals surface area contributed by atoms with Gasteiger partial charge in [0.15, 0.2) is 24.2 Å². The fraction of sp³-hybridized carbons (Fsp3) is 0.529. The fourth-order valence-electron chi connectivity index (χ4n) is 2.72. The highest BCUT2D eigenvalue weighted by atomic mass is 19.2. The van der Waals surface area contributed by atoms with Gasteiger partial charge < -0.3 is 18.9 Å². The predicted molar refractivity (Wildman–Crippen MR) is 78.5 cm³/mol. The quantitative estimate of drug-likeness (QED) is 0.800. The van der Waals surface area contributed by atoms with Crippen molar-refractivity contribution in [3.05, 3.63) is 47.5 Å². The third kappa shape index (κ3) is 3.95. The molecule has 0 radical (unpaired) electrons. The van der Waals surface area contributed by atoms with Crippen molar-refractivity contribution in [3.8, 4) is 0 Å². The van der Waals surface area contributed by atoms with E-state index in [1.807, 2.05) is 13.0 Å². The van der Waals surface area contributed by atoms with Crippen LogP contribution in [-0.2, 0) is 18.9 Å². The highest BCUT2D eigenvalue weighted by Gasteiger charge is 2.33. The lowest BCUT2D eigenvalue weighted by molar-refractivity contribution is -0.280. The second-order valence-corrected chi connectivity index (χ2v) is 5.75. The monoisotopic (exact) mass is 326 g/mol. The Balaban J connectivity index is 1.51. The molecule has 2 heterocycles. The fourth-order valence-corrected chi connectivity index (χ4v) is 2.72. The summed E-state index contributed by atoms with van der Waals surface area (Å²) < 4.78 is 48.9. The highest BCUT2D eigenvalue weighted by Crippen LogP contribution is 2.29. The average molecular weight is 326 g/mol. The van der Waals surface area contributed by atoms with Gasteiger partial charge in [0.1, 0.15) is 0 Å². The number of hydrogen-bond donors (Lipinski definition) is 0. The molecule has 3 rings (SSSR count). The summed E-state index contributed by atoms with van der Waals surface area (Å²) in [5, 5.41) is 0. The number of ether oxygens (including phenoxy) is 4. The summed E-state index contributed by atoms with van der Waals surface area (Å²) in [7, 11) is 0. The SMILES string of the molecule is C/C=C/[C@H]1CO[C@H]([C@H]2CO[C@H](c3ccc(F)c(F)c3)OC2)OC1. The van der Waals surface area contributed by atoms with Gasteiger partial charge in [0.25, 0.3) is 0 Å². The van der Waals surface area contributed by atoms with Gasteiger partial charge in [-0.2, -0.15) is 0 Å². The maximum atomic E-state index is 13.3. The van der Waals surface area contributed by atoms with Crippen molar-refractivity contribution in [2.45, 2.75) is 19.5 Å². The van der Waals surface area contributed by atoms with Gasteiger partial charge in [-0.3, -0.25) is 0 Å². The molecule has 2 aliphatic rings. The topological polar surface area (TPSA) is 36.9 Å². The van der Waals surface area contributed by atoms with E-state index in [1.165, 1.54) is 6.07 Å². The van der Waals surface area contributed by atoms with Crippen LogP contribution in [0.1, 0.15) is 18.8 Å². The van der Waals surface area contributed by atoms with Crippen molar-refractivity contribution < 1.29 is 27.7 Å². The van der Waals surface area contributed by atoms with Gasteiger partial charge >= 0.3 is 0 Å². The van der Waals surface area contributed by atoms with Crippen LogP contribution in [0, 0.1) is 23.5 Å². The lowest BCUT2D eigenvalue weighted by atomic mass is 10.1. The minimum absolute atomic E-state index is 0.0388. The first-order valence-electron chi connectivity index (χ1n) is 7.71. The number of allylic oxidation sites excluding steroid dienone is 1. The van der Waals surface area contributed by atoms with Crippen LogP contribution in [0.15, 0.2) is 30.4 Å². The molecular formula is C17H20F2O4. The van der Waals surface area contributed by atoms with Crippen LogP contribution >= 0.6 is 0 Å². The van der Waals surface area contributed by atoms with Crippen LogP contribution < -0.4 is 0 Å². The molecule has 0 atom stereocenters. The van der Waals surface area contributed by atoms with Gasteiger partial charge in [-0.05, 0) is 19.1 Å². The summed E-state index contributed by atoms with van der Waals surface area (Å²) in [5.41, 5.74) is 0.459. The van der Waals surface area contributed by atoms with Crippen LogP contribution in [0.5, 0.6) is 0 Å². The molecule has 0 saturated carbocycles. The van der Waals surface area contributed by atoms with Crippen molar-refractivity contribution >= 4 is 0 Å². The Morgan fingerprint density at radius 1 is 0.957 bits per heavy atom. The second kappa shape index (κ2) is 7.49. The summed E-state index contributed by atoms with van der Waals surface area (Å²) in [4.78, 5) is 0. The molecule has 4 nitrogen and oxygen atoms in total. The van der Waals surface area contributed by atoms with Crippen molar-refractivity contribution in [2.24, 2.45) is 11.8 Å². The Hall–Kier alpha value is -1.34. The van der Waals surface area contributed by atoms with E-state index in [9.17, 15) is 8.78 Å². The maximum absolute atomic E-state index is 13.3. The Labute approximate surface area is 134 Å². The van der Waals surface area contributed by atoms with Gasteiger partial charge in [0, 0.05) is 11.5 Å². The number of benzene rings is 1. The Kier molecular flexibility index (Phi) is 5.38. The Morgan fingerprint density at radius 2 is 1.65 bits per heavy atom. The zero-order valence-electron chi connectivity index (χ0n) is 12.9. The summed E-state index contributed by atoms with van der Waals surface area (Å²) in [5.74, 6) is -1.56. The first-order chi connectivity index (χ1) is 11.2. The largest absolute Gasteiger partial charge is 0.351 e. The van der Waals surface area contributed by atoms with E-state index in [0.717, 1.165) is 12.1 Å². The van der Waals surface area contributed by atoms with Crippen molar-refractivity contribution in [2.75, 3.05) is 26.4 Å². The lowest BCUT2D eigenvalue weighted by Gasteiger charge is -2.37. The van der Waals surface area contributed by atoms with Gasteiger partial charge in [-0.1, -0.05) is 18.2 Å². The van der Waals surface area contributed by atoms with E-state index in [-0.39, 0.29) is 18.1 Å². The Morgan fingerprint density at radius 3 is 2.26 bits per heavy atom. The average Bonchev–Trinajstić information content (AvgIpc) is 2.59. The normalized spacial score (nSPS) is 32.3. The minimum atomic E-state index is -0.911. The first kappa shape index (κ1) is 16.5. The van der Waals surface area contributed by atoms with Crippen LogP contribution in [-0.4, -0.2) is 32.7 Å². The van der Waals surface area contributed by atoms with E-state index < -0.39 is 17.9 Å². The maximum Gasteiger partial charge on any atom is 0.183 e. The third-order valence-corrected chi connectivity index (χ3v) is 3.94. The molecule has 0 aliphatic carbocycles. The molecule has 2 fully saturated rings. The number of hydrogen-bond acceptors (Lipinski definition) is 4. The number of halogens is 2. The molecule has 0 unspecified atom stereocenters. The van der Waals surface area contributed by atoms with Gasteiger partial charge in [-0.15, -0.1) is 0 Å². The van der Waals surface area contributed by atoms with Crippen molar-refractivity contribution in [1.29, 1.82) is 0 Å². The van der Waals surface area contributed by atoms with Crippen LogP contribution in [0.25, 0.3) is 0 Å². The minimum Gasteiger partial charge on any atom is -0.351 e. The summed E-state index contributed by atoms with van der Waals surface area (Å²) >= 11 is 0. The first-order valence-corrected chi connectivity index (χ1v) is 7.71. The van der Waals surface area contributed by atoms with E-state index >= 15 is 0 Å². The smallest absolute Gasteiger partial charge is 0.183 e. The molecule has 0 amide bonds. The Bertz CT molecular complexity index is 548. The predicted octanol–water partition coefficient (Wildman–Crippen LogP) is 3.19. The molecule has 23 heavy (non-hydrogen) atoms. The molecule has 0 N–H and O–H groups in total. The molecule has 1 aromatic carbocycles. The number of rotatable bonds is 3. The van der Waals surface area contributed by atoms with Crippen molar-refractivity contribution in [1.82, 2.24) is 0 Å². The molecule has 2 aliphatic heterocycles. The van der Waals surface area contributed by atoms with Gasteiger partial charge in [0.05, 0.1) is 32.3 Å². The second-order valence-electron chi connectivity index (χ2n) is 5.75. The van der Waals surface area contributed by atoms with Crippen molar-refractivity contribution in [3.63, 3.8) is 0 Å². The molecule has 0 aromatic heterocycles. The standard InChI is InChI=1S/C17H20F2O4/c1-2-3-11-7-20-17(21-8-11)13-9-22-16(23-10-13)12-4-5-14(18)15(19)6-12/h2-6,11,13,16-17H,7-10H2,1H3/b3-2+/t11-,13-,16-,17-. The van der Waals surface area contributed by atoms with E-state index in [4.69, 9.17) is 18.9 Å². The molecule has 0 spiro atoms. The summed E-state index contributed by atoms with van der Waals surface area (Å²) in [6, 6.07) is 3.62.